The molecule has 1 aromatic rings. The molecule has 0 aromatic carbocycles. The molecule has 1 N–H and O–H groups in total. The number of amides is 1. The van der Waals surface area contributed by atoms with Gasteiger partial charge in [-0.3, -0.25) is 15.1 Å². The summed E-state index contributed by atoms with van der Waals surface area (Å²) in [6, 6.07) is 0. The summed E-state index contributed by atoms with van der Waals surface area (Å²) in [4.78, 5) is 21.6. The van der Waals surface area contributed by atoms with Gasteiger partial charge in [0.05, 0.1) is 12.1 Å². The molecule has 1 aromatic heterocycles. The van der Waals surface area contributed by atoms with Gasteiger partial charge in [0.2, 0.25) is 0 Å². The molecule has 1 aliphatic rings. The summed E-state index contributed by atoms with van der Waals surface area (Å²) in [7, 11) is 0. The van der Waals surface area contributed by atoms with Crippen LogP contribution in [-0.2, 0) is 0 Å². The third-order valence-electron chi connectivity index (χ3n) is 2.77. The molecule has 0 unspecified atom stereocenters. The highest BCUT2D eigenvalue weighted by molar-refractivity contribution is 5.93. The zero-order chi connectivity index (χ0) is 12.8. The molecule has 6 heteroatoms. The Balaban J connectivity index is 1.82. The van der Waals surface area contributed by atoms with E-state index < -0.39 is 0 Å². The molecule has 2 heterocycles. The molecule has 6 nitrogen and oxygen atoms in total. The Kier molecular flexibility index (Phi) is 4.23. The first-order valence-corrected chi connectivity index (χ1v) is 5.76. The fourth-order valence-corrected chi connectivity index (χ4v) is 1.77. The molecule has 0 radical (unpaired) electrons. The van der Waals surface area contributed by atoms with E-state index in [0.29, 0.717) is 12.1 Å². The number of hydrogen-bond donors (Lipinski definition) is 1. The van der Waals surface area contributed by atoms with Crippen molar-refractivity contribution in [3.63, 3.8) is 0 Å². The first-order chi connectivity index (χ1) is 8.79. The number of nitrogens with one attached hydrogen (secondary N) is 1. The number of nitrogens with zero attached hydrogens (tertiary/aromatic N) is 4. The Morgan fingerprint density at radius 3 is 2.61 bits per heavy atom. The Hall–Kier alpha value is -1.97. The van der Waals surface area contributed by atoms with E-state index in [-0.39, 0.29) is 5.91 Å². The van der Waals surface area contributed by atoms with Gasteiger partial charge >= 0.3 is 0 Å². The second-order valence-corrected chi connectivity index (χ2v) is 4.04. The predicted octanol–water partition coefficient (Wildman–Crippen LogP) is -0.628. The van der Waals surface area contributed by atoms with Crippen LogP contribution in [0.25, 0.3) is 0 Å². The molecule has 0 bridgehead atoms. The Bertz CT molecular complexity index is 434. The van der Waals surface area contributed by atoms with E-state index in [1.165, 1.54) is 18.7 Å². The molecule has 1 saturated heterocycles. The average Bonchev–Trinajstić information content (AvgIpc) is 2.42. The summed E-state index contributed by atoms with van der Waals surface area (Å²) in [6.45, 7) is 3.90. The van der Waals surface area contributed by atoms with Crippen LogP contribution < -0.4 is 5.43 Å². The number of aromatic nitrogens is 2. The summed E-state index contributed by atoms with van der Waals surface area (Å²) in [6.07, 6.45) is 9.65. The highest BCUT2D eigenvalue weighted by Gasteiger charge is 2.18. The van der Waals surface area contributed by atoms with Gasteiger partial charge in [0.15, 0.2) is 0 Å². The monoisotopic (exact) mass is 245 g/mol. The molecular formula is C12H15N5O. The third kappa shape index (κ3) is 3.26. The van der Waals surface area contributed by atoms with Gasteiger partial charge in [-0.25, -0.2) is 15.0 Å². The van der Waals surface area contributed by atoms with Crippen LogP contribution in [0.2, 0.25) is 0 Å². The van der Waals surface area contributed by atoms with Crippen molar-refractivity contribution >= 4 is 5.91 Å². The van der Waals surface area contributed by atoms with Crippen LogP contribution in [-0.4, -0.2) is 58.5 Å². The van der Waals surface area contributed by atoms with Crippen molar-refractivity contribution in [3.8, 4) is 12.3 Å². The number of piperazine rings is 1. The molecule has 94 valence electrons. The molecular weight excluding hydrogens is 230 g/mol. The van der Waals surface area contributed by atoms with Crippen molar-refractivity contribution in [1.82, 2.24) is 25.3 Å². The fourth-order valence-electron chi connectivity index (χ4n) is 1.77. The van der Waals surface area contributed by atoms with Gasteiger partial charge in [0.25, 0.3) is 5.91 Å². The number of hydrogen-bond acceptors (Lipinski definition) is 5. The lowest BCUT2D eigenvalue weighted by atomic mass is 10.3. The van der Waals surface area contributed by atoms with Crippen LogP contribution in [0.1, 0.15) is 10.4 Å². The minimum Gasteiger partial charge on any atom is -0.290 e. The maximum Gasteiger partial charge on any atom is 0.268 e. The highest BCUT2D eigenvalue weighted by atomic mass is 16.2. The van der Waals surface area contributed by atoms with Crippen molar-refractivity contribution in [1.29, 1.82) is 0 Å². The minimum atomic E-state index is -0.180. The standard InChI is InChI=1S/C12H15N5O/c1-2-3-16-4-6-17(7-5-16)15-12(18)11-8-13-10-14-9-11/h1,8-10H,3-7H2,(H,15,18). The smallest absolute Gasteiger partial charge is 0.268 e. The van der Waals surface area contributed by atoms with Crippen LogP contribution in [0.4, 0.5) is 0 Å². The van der Waals surface area contributed by atoms with Gasteiger partial charge in [-0.15, -0.1) is 6.42 Å². The summed E-state index contributed by atoms with van der Waals surface area (Å²) in [5.74, 6) is 2.44. The number of terminal acetylenes is 1. The Morgan fingerprint density at radius 1 is 1.33 bits per heavy atom. The summed E-state index contributed by atoms with van der Waals surface area (Å²) in [5, 5.41) is 1.89. The van der Waals surface area contributed by atoms with Crippen molar-refractivity contribution in [2.75, 3.05) is 32.7 Å². The second-order valence-electron chi connectivity index (χ2n) is 4.04. The zero-order valence-corrected chi connectivity index (χ0v) is 10.0. The summed E-state index contributed by atoms with van der Waals surface area (Å²) >= 11 is 0. The van der Waals surface area contributed by atoms with Gasteiger partial charge in [-0.05, 0) is 0 Å². The van der Waals surface area contributed by atoms with E-state index in [2.05, 4.69) is 26.2 Å². The quantitative estimate of drug-likeness (QED) is 0.719. The van der Waals surface area contributed by atoms with Crippen LogP contribution in [0.15, 0.2) is 18.7 Å². The molecule has 1 amide bonds. The lowest BCUT2D eigenvalue weighted by molar-refractivity contribution is 0.0643. The molecule has 0 saturated carbocycles. The van der Waals surface area contributed by atoms with Gasteiger partial charge in [0.1, 0.15) is 6.33 Å². The van der Waals surface area contributed by atoms with Crippen LogP contribution in [0.3, 0.4) is 0 Å². The fraction of sp³-hybridized carbons (Fsp3) is 0.417. The van der Waals surface area contributed by atoms with E-state index in [0.717, 1.165) is 26.2 Å². The number of carbonyl (C=O) groups is 1. The largest absolute Gasteiger partial charge is 0.290 e. The van der Waals surface area contributed by atoms with Crippen LogP contribution >= 0.6 is 0 Å². The zero-order valence-electron chi connectivity index (χ0n) is 10.0. The number of carbonyl (C=O) groups excluding carboxylic acids is 1. The van der Waals surface area contributed by atoms with Crippen molar-refractivity contribution in [2.24, 2.45) is 0 Å². The third-order valence-corrected chi connectivity index (χ3v) is 2.77. The maximum atomic E-state index is 11.8. The molecule has 0 spiro atoms. The number of hydrazine groups is 1. The Morgan fingerprint density at radius 2 is 2.00 bits per heavy atom. The van der Waals surface area contributed by atoms with Crippen molar-refractivity contribution in [2.45, 2.75) is 0 Å². The van der Waals surface area contributed by atoms with E-state index in [4.69, 9.17) is 6.42 Å². The molecule has 0 atom stereocenters. The van der Waals surface area contributed by atoms with Gasteiger partial charge in [-0.1, -0.05) is 5.92 Å². The van der Waals surface area contributed by atoms with Crippen LogP contribution in [0.5, 0.6) is 0 Å². The Labute approximate surface area is 106 Å². The van der Waals surface area contributed by atoms with E-state index in [9.17, 15) is 4.79 Å². The van der Waals surface area contributed by atoms with E-state index in [1.807, 2.05) is 5.01 Å². The van der Waals surface area contributed by atoms with Crippen molar-refractivity contribution in [3.05, 3.63) is 24.3 Å². The predicted molar refractivity (Wildman–Crippen MR) is 66.3 cm³/mol. The van der Waals surface area contributed by atoms with Crippen molar-refractivity contribution < 1.29 is 4.79 Å². The normalized spacial score (nSPS) is 17.1. The number of rotatable bonds is 3. The first kappa shape index (κ1) is 12.5. The lowest BCUT2D eigenvalue weighted by Gasteiger charge is -2.33. The van der Waals surface area contributed by atoms with E-state index >= 15 is 0 Å². The SMILES string of the molecule is C#CCN1CCN(NC(=O)c2cncnc2)CC1. The topological polar surface area (TPSA) is 61.4 Å². The highest BCUT2D eigenvalue weighted by Crippen LogP contribution is 2.00. The summed E-state index contributed by atoms with van der Waals surface area (Å²) in [5.41, 5.74) is 3.30. The molecule has 0 aliphatic carbocycles. The van der Waals surface area contributed by atoms with Crippen LogP contribution in [0, 0.1) is 12.3 Å². The average molecular weight is 245 g/mol. The van der Waals surface area contributed by atoms with Gasteiger partial charge in [0, 0.05) is 38.6 Å². The molecule has 1 aliphatic heterocycles. The first-order valence-electron chi connectivity index (χ1n) is 5.76. The lowest BCUT2D eigenvalue weighted by Crippen LogP contribution is -2.53. The second kappa shape index (κ2) is 6.10. The minimum absolute atomic E-state index is 0.180. The van der Waals surface area contributed by atoms with E-state index in [1.54, 1.807) is 0 Å². The molecule has 2 rings (SSSR count). The van der Waals surface area contributed by atoms with Gasteiger partial charge in [-0.2, -0.15) is 0 Å². The van der Waals surface area contributed by atoms with Gasteiger partial charge < -0.3 is 0 Å². The summed E-state index contributed by atoms with van der Waals surface area (Å²) < 4.78 is 0. The molecule has 18 heavy (non-hydrogen) atoms. The molecule has 1 fully saturated rings. The maximum absolute atomic E-state index is 11.8.